The smallest absolute Gasteiger partial charge is 0.150 e. The molecule has 0 atom stereocenters. The van der Waals surface area contributed by atoms with E-state index in [9.17, 15) is 0 Å². The van der Waals surface area contributed by atoms with Crippen LogP contribution in [0.2, 0.25) is 0 Å². The quantitative estimate of drug-likeness (QED) is 0.206. The summed E-state index contributed by atoms with van der Waals surface area (Å²) < 4.78 is 12.0. The fraction of sp³-hybridized carbons (Fsp3) is 0. The molecule has 0 aromatic heterocycles. The van der Waals surface area contributed by atoms with E-state index in [0.717, 1.165) is 44.9 Å². The fourth-order valence-corrected chi connectivity index (χ4v) is 4.75. The van der Waals surface area contributed by atoms with Gasteiger partial charge in [-0.05, 0) is 81.9 Å². The Balaban J connectivity index is 1.30. The van der Waals surface area contributed by atoms with E-state index in [0.29, 0.717) is 22.9 Å². The van der Waals surface area contributed by atoms with Crippen LogP contribution in [0.4, 0.5) is 11.4 Å². The van der Waals surface area contributed by atoms with Gasteiger partial charge in [0.15, 0.2) is 0 Å². The molecule has 4 heteroatoms. The van der Waals surface area contributed by atoms with Crippen LogP contribution in [0.15, 0.2) is 146 Å². The minimum absolute atomic E-state index is 0.609. The van der Waals surface area contributed by atoms with E-state index in [4.69, 9.17) is 20.9 Å². The molecule has 4 N–H and O–H groups in total. The summed E-state index contributed by atoms with van der Waals surface area (Å²) in [7, 11) is 0. The van der Waals surface area contributed by atoms with Gasteiger partial charge >= 0.3 is 0 Å². The number of benzene rings is 6. The Kier molecular flexibility index (Phi) is 6.89. The summed E-state index contributed by atoms with van der Waals surface area (Å²) in [4.78, 5) is 0. The van der Waals surface area contributed by atoms with Crippen LogP contribution in [-0.2, 0) is 0 Å². The number of hydrogen-bond donors (Lipinski definition) is 2. The molecule has 0 aliphatic rings. The van der Waals surface area contributed by atoms with Gasteiger partial charge in [-0.3, -0.25) is 0 Å². The second kappa shape index (κ2) is 11.1. The molecule has 0 unspecified atom stereocenters. The van der Waals surface area contributed by atoms with Crippen molar-refractivity contribution in [2.24, 2.45) is 0 Å². The topological polar surface area (TPSA) is 70.5 Å². The van der Waals surface area contributed by atoms with Gasteiger partial charge in [0.1, 0.15) is 23.0 Å². The molecule has 40 heavy (non-hydrogen) atoms. The van der Waals surface area contributed by atoms with Gasteiger partial charge in [-0.1, -0.05) is 97.1 Å². The minimum Gasteiger partial charge on any atom is -0.455 e. The number of para-hydroxylation sites is 4. The highest BCUT2D eigenvalue weighted by molar-refractivity contribution is 5.91. The fourth-order valence-electron chi connectivity index (χ4n) is 4.75. The highest BCUT2D eigenvalue weighted by atomic mass is 16.5. The van der Waals surface area contributed by atoms with Crippen molar-refractivity contribution in [2.45, 2.75) is 0 Å². The van der Waals surface area contributed by atoms with Crippen molar-refractivity contribution < 1.29 is 9.47 Å². The molecule has 0 fully saturated rings. The minimum atomic E-state index is 0.609. The lowest BCUT2D eigenvalue weighted by Gasteiger charge is -2.16. The molecule has 0 aliphatic heterocycles. The number of hydrogen-bond acceptors (Lipinski definition) is 4. The van der Waals surface area contributed by atoms with E-state index < -0.39 is 0 Å². The summed E-state index contributed by atoms with van der Waals surface area (Å²) in [5.74, 6) is 2.76. The van der Waals surface area contributed by atoms with Crippen molar-refractivity contribution in [3.63, 3.8) is 0 Å². The first-order valence-corrected chi connectivity index (χ1v) is 13.1. The highest BCUT2D eigenvalue weighted by Crippen LogP contribution is 2.39. The van der Waals surface area contributed by atoms with Gasteiger partial charge in [0.2, 0.25) is 0 Å². The van der Waals surface area contributed by atoms with Gasteiger partial charge in [-0.25, -0.2) is 0 Å². The largest absolute Gasteiger partial charge is 0.455 e. The molecule has 194 valence electrons. The summed E-state index contributed by atoms with van der Waals surface area (Å²) in [5, 5.41) is 0. The molecule has 0 saturated heterocycles. The van der Waals surface area contributed by atoms with E-state index in [-0.39, 0.29) is 0 Å². The van der Waals surface area contributed by atoms with Crippen molar-refractivity contribution in [1.29, 1.82) is 0 Å². The standard InChI is InChI=1S/C36H28N2O2/c37-33-13-5-7-15-35(33)39-27-21-17-25(18-22-27)29-9-1-3-11-31(29)32-12-4-2-10-30(32)26-19-23-28(24-20-26)40-36-16-8-6-14-34(36)38/h1-24H,37-38H2. The maximum Gasteiger partial charge on any atom is 0.150 e. The third-order valence-corrected chi connectivity index (χ3v) is 6.77. The third kappa shape index (κ3) is 5.24. The van der Waals surface area contributed by atoms with E-state index in [1.807, 2.05) is 72.8 Å². The van der Waals surface area contributed by atoms with Crippen molar-refractivity contribution in [3.8, 4) is 56.4 Å². The Morgan fingerprint density at radius 2 is 0.650 bits per heavy atom. The molecule has 4 nitrogen and oxygen atoms in total. The first kappa shape index (κ1) is 24.8. The SMILES string of the molecule is Nc1ccccc1Oc1ccc(-c2ccccc2-c2ccccc2-c2ccc(Oc3ccccc3N)cc2)cc1. The second-order valence-corrected chi connectivity index (χ2v) is 9.42. The van der Waals surface area contributed by atoms with Gasteiger partial charge in [-0.2, -0.15) is 0 Å². The molecule has 0 heterocycles. The van der Waals surface area contributed by atoms with E-state index >= 15 is 0 Å². The lowest BCUT2D eigenvalue weighted by Crippen LogP contribution is -1.92. The summed E-state index contributed by atoms with van der Waals surface area (Å²) in [5.41, 5.74) is 20.1. The van der Waals surface area contributed by atoms with Crippen LogP contribution in [0.5, 0.6) is 23.0 Å². The molecule has 6 aromatic carbocycles. The molecule has 0 saturated carbocycles. The average molecular weight is 521 g/mol. The van der Waals surface area contributed by atoms with Crippen molar-refractivity contribution >= 4 is 11.4 Å². The summed E-state index contributed by atoms with van der Waals surface area (Å²) in [6.07, 6.45) is 0. The molecule has 0 amide bonds. The third-order valence-electron chi connectivity index (χ3n) is 6.77. The predicted octanol–water partition coefficient (Wildman–Crippen LogP) is 9.44. The monoisotopic (exact) mass is 520 g/mol. The highest BCUT2D eigenvalue weighted by Gasteiger charge is 2.13. The van der Waals surface area contributed by atoms with Crippen LogP contribution in [0.1, 0.15) is 0 Å². The van der Waals surface area contributed by atoms with Gasteiger partial charge in [-0.15, -0.1) is 0 Å². The Morgan fingerprint density at radius 3 is 1.02 bits per heavy atom. The number of ether oxygens (including phenoxy) is 2. The van der Waals surface area contributed by atoms with Gasteiger partial charge < -0.3 is 20.9 Å². The van der Waals surface area contributed by atoms with Crippen LogP contribution in [0.3, 0.4) is 0 Å². The van der Waals surface area contributed by atoms with E-state index in [2.05, 4.69) is 72.8 Å². The molecular weight excluding hydrogens is 492 g/mol. The number of rotatable bonds is 7. The normalized spacial score (nSPS) is 10.7. The van der Waals surface area contributed by atoms with Crippen LogP contribution in [0, 0.1) is 0 Å². The summed E-state index contributed by atoms with van der Waals surface area (Å²) >= 11 is 0. The zero-order valence-corrected chi connectivity index (χ0v) is 21.8. The predicted molar refractivity (Wildman–Crippen MR) is 165 cm³/mol. The lowest BCUT2D eigenvalue weighted by molar-refractivity contribution is 0.485. The molecule has 0 radical (unpaired) electrons. The second-order valence-electron chi connectivity index (χ2n) is 9.42. The molecular formula is C36H28N2O2. The van der Waals surface area contributed by atoms with Gasteiger partial charge in [0.05, 0.1) is 11.4 Å². The van der Waals surface area contributed by atoms with Crippen molar-refractivity contribution in [2.75, 3.05) is 11.5 Å². The van der Waals surface area contributed by atoms with Gasteiger partial charge in [0, 0.05) is 0 Å². The first-order chi connectivity index (χ1) is 19.7. The summed E-state index contributed by atoms with van der Waals surface area (Å²) in [6, 6.07) is 48.1. The van der Waals surface area contributed by atoms with Crippen LogP contribution < -0.4 is 20.9 Å². The molecule has 0 bridgehead atoms. The lowest BCUT2D eigenvalue weighted by atomic mass is 9.89. The average Bonchev–Trinajstić information content (AvgIpc) is 3.00. The Hall–Kier alpha value is -5.48. The van der Waals surface area contributed by atoms with Crippen LogP contribution >= 0.6 is 0 Å². The van der Waals surface area contributed by atoms with E-state index in [1.54, 1.807) is 0 Å². The Morgan fingerprint density at radius 1 is 0.325 bits per heavy atom. The summed E-state index contributed by atoms with van der Waals surface area (Å²) in [6.45, 7) is 0. The maximum atomic E-state index is 6.05. The molecule has 0 aliphatic carbocycles. The maximum absolute atomic E-state index is 6.05. The molecule has 6 rings (SSSR count). The van der Waals surface area contributed by atoms with E-state index in [1.165, 1.54) is 0 Å². The van der Waals surface area contributed by atoms with Crippen molar-refractivity contribution in [3.05, 3.63) is 146 Å². The molecule has 6 aromatic rings. The van der Waals surface area contributed by atoms with Crippen LogP contribution in [0.25, 0.3) is 33.4 Å². The molecule has 0 spiro atoms. The zero-order valence-electron chi connectivity index (χ0n) is 21.8. The zero-order chi connectivity index (χ0) is 27.3. The first-order valence-electron chi connectivity index (χ1n) is 13.1. The van der Waals surface area contributed by atoms with Crippen LogP contribution in [-0.4, -0.2) is 0 Å². The van der Waals surface area contributed by atoms with Gasteiger partial charge in [0.25, 0.3) is 0 Å². The Bertz CT molecular complexity index is 1630. The number of nitrogen functional groups attached to an aromatic ring is 2. The number of anilines is 2. The number of nitrogens with two attached hydrogens (primary N) is 2. The van der Waals surface area contributed by atoms with Crippen molar-refractivity contribution in [1.82, 2.24) is 0 Å². The Labute approximate surface area is 234 Å².